The van der Waals surface area contributed by atoms with E-state index in [2.05, 4.69) is 17.2 Å². The molecule has 0 fully saturated rings. The van der Waals surface area contributed by atoms with Crippen molar-refractivity contribution in [2.75, 3.05) is 26.8 Å². The molecule has 1 rings (SSSR count). The summed E-state index contributed by atoms with van der Waals surface area (Å²) in [5, 5.41) is 3.08. The van der Waals surface area contributed by atoms with Gasteiger partial charge in [0.15, 0.2) is 5.96 Å². The van der Waals surface area contributed by atoms with Crippen molar-refractivity contribution < 1.29 is 9.47 Å². The molecule has 0 aliphatic rings. The van der Waals surface area contributed by atoms with Gasteiger partial charge in [-0.3, -0.25) is 4.99 Å². The molecule has 0 saturated carbocycles. The second-order valence-corrected chi connectivity index (χ2v) is 4.42. The summed E-state index contributed by atoms with van der Waals surface area (Å²) in [6.45, 7) is 4.32. The van der Waals surface area contributed by atoms with E-state index in [1.54, 1.807) is 7.11 Å². The number of ether oxygens (including phenoxy) is 2. The first-order valence-electron chi connectivity index (χ1n) is 7.07. The minimum atomic E-state index is 0.517. The highest BCUT2D eigenvalue weighted by Gasteiger charge is 1.95. The van der Waals surface area contributed by atoms with Crippen molar-refractivity contribution in [1.82, 2.24) is 5.32 Å². The van der Waals surface area contributed by atoms with Crippen molar-refractivity contribution in [3.8, 4) is 11.5 Å². The van der Waals surface area contributed by atoms with Gasteiger partial charge in [0.05, 0.1) is 13.7 Å². The number of hydrogen-bond acceptors (Lipinski definition) is 3. The third-order valence-electron chi connectivity index (χ3n) is 2.75. The topological polar surface area (TPSA) is 68.9 Å². The van der Waals surface area contributed by atoms with E-state index in [4.69, 9.17) is 15.2 Å². The molecular formula is C15H25N3O2. The lowest BCUT2D eigenvalue weighted by atomic mass is 10.3. The average molecular weight is 279 g/mol. The van der Waals surface area contributed by atoms with Gasteiger partial charge in [-0.15, -0.1) is 0 Å². The fourth-order valence-electron chi connectivity index (χ4n) is 1.58. The Hall–Kier alpha value is -1.91. The summed E-state index contributed by atoms with van der Waals surface area (Å²) in [7, 11) is 1.65. The minimum absolute atomic E-state index is 0.517. The molecule has 0 unspecified atom stereocenters. The molecule has 5 heteroatoms. The van der Waals surface area contributed by atoms with Crippen LogP contribution >= 0.6 is 0 Å². The van der Waals surface area contributed by atoms with Crippen LogP contribution in [0.4, 0.5) is 0 Å². The van der Waals surface area contributed by atoms with E-state index < -0.39 is 0 Å². The molecule has 0 aliphatic heterocycles. The lowest BCUT2D eigenvalue weighted by molar-refractivity contribution is 0.312. The number of methoxy groups -OCH3 is 1. The highest BCUT2D eigenvalue weighted by molar-refractivity contribution is 5.77. The number of benzene rings is 1. The monoisotopic (exact) mass is 279 g/mol. The highest BCUT2D eigenvalue weighted by atomic mass is 16.5. The summed E-state index contributed by atoms with van der Waals surface area (Å²) in [6.07, 6.45) is 3.09. The van der Waals surface area contributed by atoms with E-state index in [9.17, 15) is 0 Å². The number of nitrogens with zero attached hydrogens (tertiary/aromatic N) is 1. The van der Waals surface area contributed by atoms with E-state index in [0.717, 1.165) is 37.3 Å². The molecule has 0 aromatic heterocycles. The Morgan fingerprint density at radius 2 is 1.90 bits per heavy atom. The fourth-order valence-corrected chi connectivity index (χ4v) is 1.58. The van der Waals surface area contributed by atoms with Crippen LogP contribution in [-0.4, -0.2) is 32.8 Å². The molecule has 1 aromatic carbocycles. The quantitative estimate of drug-likeness (QED) is 0.413. The van der Waals surface area contributed by atoms with Crippen molar-refractivity contribution in [3.05, 3.63) is 24.3 Å². The van der Waals surface area contributed by atoms with Crippen LogP contribution in [-0.2, 0) is 0 Å². The number of hydrogen-bond donors (Lipinski definition) is 2. The number of aliphatic imine (C=N–C) groups is 1. The predicted molar refractivity (Wildman–Crippen MR) is 82.5 cm³/mol. The third kappa shape index (κ3) is 6.87. The van der Waals surface area contributed by atoms with Crippen LogP contribution in [0.25, 0.3) is 0 Å². The highest BCUT2D eigenvalue weighted by Crippen LogP contribution is 2.16. The summed E-state index contributed by atoms with van der Waals surface area (Å²) in [5.41, 5.74) is 5.72. The molecule has 3 N–H and O–H groups in total. The third-order valence-corrected chi connectivity index (χ3v) is 2.75. The van der Waals surface area contributed by atoms with Gasteiger partial charge in [-0.2, -0.15) is 0 Å². The number of guanidine groups is 1. The Morgan fingerprint density at radius 3 is 2.55 bits per heavy atom. The SMILES string of the molecule is CCCCNC(N)=NCCCOc1ccc(OC)cc1. The summed E-state index contributed by atoms with van der Waals surface area (Å²) < 4.78 is 10.7. The van der Waals surface area contributed by atoms with Gasteiger partial charge in [-0.05, 0) is 30.7 Å². The summed E-state index contributed by atoms with van der Waals surface area (Å²) in [5.74, 6) is 2.18. The molecule has 0 bridgehead atoms. The van der Waals surface area contributed by atoms with E-state index in [0.29, 0.717) is 19.1 Å². The largest absolute Gasteiger partial charge is 0.497 e. The zero-order valence-electron chi connectivity index (χ0n) is 12.4. The number of rotatable bonds is 9. The predicted octanol–water partition coefficient (Wildman–Crippen LogP) is 2.17. The molecule has 0 atom stereocenters. The second-order valence-electron chi connectivity index (χ2n) is 4.42. The van der Waals surface area contributed by atoms with Gasteiger partial charge in [-0.25, -0.2) is 0 Å². The van der Waals surface area contributed by atoms with Crippen LogP contribution in [0.3, 0.4) is 0 Å². The maximum absolute atomic E-state index is 5.72. The van der Waals surface area contributed by atoms with Gasteiger partial charge in [0.1, 0.15) is 11.5 Å². The first kappa shape index (κ1) is 16.1. The minimum Gasteiger partial charge on any atom is -0.497 e. The molecule has 20 heavy (non-hydrogen) atoms. The molecule has 0 amide bonds. The molecule has 112 valence electrons. The Kier molecular flexibility index (Phi) is 8.03. The lowest BCUT2D eigenvalue weighted by Gasteiger charge is -2.07. The van der Waals surface area contributed by atoms with Gasteiger partial charge >= 0.3 is 0 Å². The molecule has 1 aromatic rings. The van der Waals surface area contributed by atoms with Gasteiger partial charge in [0.25, 0.3) is 0 Å². The van der Waals surface area contributed by atoms with Gasteiger partial charge < -0.3 is 20.5 Å². The van der Waals surface area contributed by atoms with Crippen molar-refractivity contribution >= 4 is 5.96 Å². The van der Waals surface area contributed by atoms with Crippen molar-refractivity contribution in [2.24, 2.45) is 10.7 Å². The molecule has 0 saturated heterocycles. The zero-order chi connectivity index (χ0) is 14.6. The van der Waals surface area contributed by atoms with Crippen molar-refractivity contribution in [1.29, 1.82) is 0 Å². The Labute approximate surface area is 121 Å². The summed E-state index contributed by atoms with van der Waals surface area (Å²) in [6, 6.07) is 7.54. The van der Waals surface area contributed by atoms with Gasteiger partial charge in [0, 0.05) is 19.5 Å². The normalized spacial score (nSPS) is 11.2. The zero-order valence-corrected chi connectivity index (χ0v) is 12.4. The Morgan fingerprint density at radius 1 is 1.20 bits per heavy atom. The Balaban J connectivity index is 2.13. The molecule has 0 heterocycles. The van der Waals surface area contributed by atoms with E-state index in [1.165, 1.54) is 0 Å². The summed E-state index contributed by atoms with van der Waals surface area (Å²) in [4.78, 5) is 4.24. The Bertz CT molecular complexity index is 391. The van der Waals surface area contributed by atoms with Crippen molar-refractivity contribution in [3.63, 3.8) is 0 Å². The number of nitrogens with two attached hydrogens (primary N) is 1. The summed E-state index contributed by atoms with van der Waals surface area (Å²) >= 11 is 0. The number of nitrogens with one attached hydrogen (secondary N) is 1. The smallest absolute Gasteiger partial charge is 0.188 e. The van der Waals surface area contributed by atoms with Crippen LogP contribution in [0.2, 0.25) is 0 Å². The van der Waals surface area contributed by atoms with Gasteiger partial charge in [-0.1, -0.05) is 13.3 Å². The van der Waals surface area contributed by atoms with E-state index in [1.807, 2.05) is 24.3 Å². The standard InChI is InChI=1S/C15H25N3O2/c1-3-4-10-17-15(16)18-11-5-12-20-14-8-6-13(19-2)7-9-14/h6-9H,3-5,10-12H2,1-2H3,(H3,16,17,18). The van der Waals surface area contributed by atoms with Crippen LogP contribution < -0.4 is 20.5 Å². The van der Waals surface area contributed by atoms with Crippen LogP contribution in [0.5, 0.6) is 11.5 Å². The first-order valence-corrected chi connectivity index (χ1v) is 7.07. The fraction of sp³-hybridized carbons (Fsp3) is 0.533. The van der Waals surface area contributed by atoms with Crippen LogP contribution in [0, 0.1) is 0 Å². The average Bonchev–Trinajstić information content (AvgIpc) is 2.48. The van der Waals surface area contributed by atoms with Crippen LogP contribution in [0.1, 0.15) is 26.2 Å². The molecule has 5 nitrogen and oxygen atoms in total. The van der Waals surface area contributed by atoms with Crippen LogP contribution in [0.15, 0.2) is 29.3 Å². The lowest BCUT2D eigenvalue weighted by Crippen LogP contribution is -2.32. The molecular weight excluding hydrogens is 254 g/mol. The molecule has 0 aliphatic carbocycles. The second kappa shape index (κ2) is 9.95. The maximum atomic E-state index is 5.72. The number of unbranched alkanes of at least 4 members (excludes halogenated alkanes) is 1. The molecule has 0 spiro atoms. The molecule has 0 radical (unpaired) electrons. The van der Waals surface area contributed by atoms with Crippen molar-refractivity contribution in [2.45, 2.75) is 26.2 Å². The van der Waals surface area contributed by atoms with E-state index in [-0.39, 0.29) is 0 Å². The first-order chi connectivity index (χ1) is 9.76. The maximum Gasteiger partial charge on any atom is 0.188 e. The van der Waals surface area contributed by atoms with Gasteiger partial charge in [0.2, 0.25) is 0 Å². The van der Waals surface area contributed by atoms with E-state index >= 15 is 0 Å².